The molecule has 0 radical (unpaired) electrons. The molecule has 7 heteroatoms. The van der Waals surface area contributed by atoms with Crippen LogP contribution < -0.4 is 10.0 Å². The number of thiophene rings is 1. The molecule has 1 unspecified atom stereocenters. The molecular formula is C13H25N3O2S2. The Morgan fingerprint density at radius 2 is 2.20 bits per heavy atom. The maximum absolute atomic E-state index is 12.1. The van der Waals surface area contributed by atoms with Crippen LogP contribution in [0, 0.1) is 0 Å². The van der Waals surface area contributed by atoms with Gasteiger partial charge in [0.2, 0.25) is 0 Å². The zero-order chi connectivity index (χ0) is 15.0. The molecule has 1 rings (SSSR count). The van der Waals surface area contributed by atoms with Gasteiger partial charge in [0.1, 0.15) is 0 Å². The second-order valence-electron chi connectivity index (χ2n) is 4.84. The van der Waals surface area contributed by atoms with Crippen LogP contribution in [0.1, 0.15) is 25.1 Å². The summed E-state index contributed by atoms with van der Waals surface area (Å²) in [7, 11) is -1.77. The Bertz CT molecular complexity index is 460. The standard InChI is InChI=1S/C13H25N3O2S2/c1-4-14-8-6-9-16(3)20(17,18)15-12(2)11-13-7-5-10-19-13/h5,7,10,12,14-15H,4,6,8-9,11H2,1-3H3. The van der Waals surface area contributed by atoms with E-state index >= 15 is 0 Å². The van der Waals surface area contributed by atoms with E-state index in [1.807, 2.05) is 31.4 Å². The lowest BCUT2D eigenvalue weighted by molar-refractivity contribution is 0.438. The molecule has 0 saturated carbocycles. The van der Waals surface area contributed by atoms with E-state index in [9.17, 15) is 8.42 Å². The Kier molecular flexibility index (Phi) is 7.68. The van der Waals surface area contributed by atoms with Crippen molar-refractivity contribution < 1.29 is 8.42 Å². The van der Waals surface area contributed by atoms with E-state index in [1.54, 1.807) is 18.4 Å². The van der Waals surface area contributed by atoms with Gasteiger partial charge < -0.3 is 5.32 Å². The summed E-state index contributed by atoms with van der Waals surface area (Å²) in [5.41, 5.74) is 0. The summed E-state index contributed by atoms with van der Waals surface area (Å²) in [6.07, 6.45) is 1.53. The van der Waals surface area contributed by atoms with E-state index < -0.39 is 10.2 Å². The quantitative estimate of drug-likeness (QED) is 0.642. The molecule has 0 aliphatic carbocycles. The molecule has 0 saturated heterocycles. The molecule has 20 heavy (non-hydrogen) atoms. The highest BCUT2D eigenvalue weighted by molar-refractivity contribution is 7.87. The summed E-state index contributed by atoms with van der Waals surface area (Å²) in [5, 5.41) is 5.19. The van der Waals surface area contributed by atoms with Crippen LogP contribution in [0.25, 0.3) is 0 Å². The van der Waals surface area contributed by atoms with Gasteiger partial charge in [0.05, 0.1) is 0 Å². The topological polar surface area (TPSA) is 61.4 Å². The first kappa shape index (κ1) is 17.6. The minimum absolute atomic E-state index is 0.102. The zero-order valence-corrected chi connectivity index (χ0v) is 14.1. The largest absolute Gasteiger partial charge is 0.317 e. The highest BCUT2D eigenvalue weighted by Gasteiger charge is 2.19. The first-order valence-electron chi connectivity index (χ1n) is 6.92. The lowest BCUT2D eigenvalue weighted by Gasteiger charge is -2.21. The molecule has 2 N–H and O–H groups in total. The van der Waals surface area contributed by atoms with Gasteiger partial charge in [-0.25, -0.2) is 0 Å². The average Bonchev–Trinajstić information content (AvgIpc) is 2.86. The molecule has 0 aliphatic rings. The lowest BCUT2D eigenvalue weighted by Crippen LogP contribution is -2.44. The fraction of sp³-hybridized carbons (Fsp3) is 0.692. The van der Waals surface area contributed by atoms with E-state index in [0.717, 1.165) is 25.9 Å². The highest BCUT2D eigenvalue weighted by Crippen LogP contribution is 2.11. The molecular weight excluding hydrogens is 294 g/mol. The van der Waals surface area contributed by atoms with Crippen molar-refractivity contribution >= 4 is 21.5 Å². The van der Waals surface area contributed by atoms with Crippen molar-refractivity contribution in [3.05, 3.63) is 22.4 Å². The van der Waals surface area contributed by atoms with Gasteiger partial charge in [-0.1, -0.05) is 13.0 Å². The normalized spacial score (nSPS) is 13.8. The van der Waals surface area contributed by atoms with Gasteiger partial charge in [-0.15, -0.1) is 11.3 Å². The van der Waals surface area contributed by atoms with Crippen LogP contribution >= 0.6 is 11.3 Å². The van der Waals surface area contributed by atoms with Crippen molar-refractivity contribution in [3.8, 4) is 0 Å². The molecule has 1 atom stereocenters. The predicted molar refractivity (Wildman–Crippen MR) is 85.3 cm³/mol. The third kappa shape index (κ3) is 6.32. The maximum atomic E-state index is 12.1. The van der Waals surface area contributed by atoms with Gasteiger partial charge >= 0.3 is 0 Å². The van der Waals surface area contributed by atoms with Crippen LogP contribution in [0.2, 0.25) is 0 Å². The minimum Gasteiger partial charge on any atom is -0.317 e. The second kappa shape index (κ2) is 8.74. The van der Waals surface area contributed by atoms with Crippen LogP contribution in [0.5, 0.6) is 0 Å². The second-order valence-corrected chi connectivity index (χ2v) is 7.68. The van der Waals surface area contributed by atoms with E-state index in [1.165, 1.54) is 9.18 Å². The molecule has 0 amide bonds. The van der Waals surface area contributed by atoms with Crippen molar-refractivity contribution in [1.82, 2.24) is 14.3 Å². The predicted octanol–water partition coefficient (Wildman–Crippen LogP) is 1.44. The Hall–Kier alpha value is -0.470. The van der Waals surface area contributed by atoms with Crippen LogP contribution in [0.15, 0.2) is 17.5 Å². The SMILES string of the molecule is CCNCCCN(C)S(=O)(=O)NC(C)Cc1cccs1. The molecule has 1 aromatic heterocycles. The molecule has 1 heterocycles. The molecule has 1 aromatic rings. The Balaban J connectivity index is 2.39. The van der Waals surface area contributed by atoms with Crippen LogP contribution in [-0.2, 0) is 16.6 Å². The third-order valence-corrected chi connectivity index (χ3v) is 5.53. The van der Waals surface area contributed by atoms with Gasteiger partial charge in [-0.3, -0.25) is 0 Å². The lowest BCUT2D eigenvalue weighted by atomic mass is 10.2. The van der Waals surface area contributed by atoms with Crippen LogP contribution in [0.3, 0.4) is 0 Å². The van der Waals surface area contributed by atoms with Gasteiger partial charge in [0.15, 0.2) is 0 Å². The number of hydrogen-bond donors (Lipinski definition) is 2. The summed E-state index contributed by atoms with van der Waals surface area (Å²) in [6, 6.07) is 3.90. The maximum Gasteiger partial charge on any atom is 0.279 e. The van der Waals surface area contributed by atoms with Crippen molar-refractivity contribution in [1.29, 1.82) is 0 Å². The summed E-state index contributed by atoms with van der Waals surface area (Å²) in [6.45, 7) is 6.19. The highest BCUT2D eigenvalue weighted by atomic mass is 32.2. The Morgan fingerprint density at radius 1 is 1.45 bits per heavy atom. The summed E-state index contributed by atoms with van der Waals surface area (Å²) in [5.74, 6) is 0. The number of nitrogens with zero attached hydrogens (tertiary/aromatic N) is 1. The summed E-state index contributed by atoms with van der Waals surface area (Å²) < 4.78 is 28.4. The van der Waals surface area contributed by atoms with Gasteiger partial charge in [-0.05, 0) is 44.3 Å². The number of nitrogens with one attached hydrogen (secondary N) is 2. The molecule has 0 fully saturated rings. The van der Waals surface area contributed by atoms with E-state index in [4.69, 9.17) is 0 Å². The average molecular weight is 319 g/mol. The summed E-state index contributed by atoms with van der Waals surface area (Å²) >= 11 is 1.65. The molecule has 5 nitrogen and oxygen atoms in total. The van der Waals surface area contributed by atoms with E-state index in [-0.39, 0.29) is 6.04 Å². The molecule has 116 valence electrons. The Morgan fingerprint density at radius 3 is 2.80 bits per heavy atom. The zero-order valence-electron chi connectivity index (χ0n) is 12.4. The number of rotatable bonds is 10. The minimum atomic E-state index is -3.39. The molecule has 0 aliphatic heterocycles. The molecule has 0 aromatic carbocycles. The number of hydrogen-bond acceptors (Lipinski definition) is 4. The van der Waals surface area contributed by atoms with E-state index in [0.29, 0.717) is 6.54 Å². The fourth-order valence-electron chi connectivity index (χ4n) is 1.84. The van der Waals surface area contributed by atoms with E-state index in [2.05, 4.69) is 10.0 Å². The first-order valence-corrected chi connectivity index (χ1v) is 9.24. The molecule has 0 spiro atoms. The van der Waals surface area contributed by atoms with Crippen LogP contribution in [0.4, 0.5) is 0 Å². The van der Waals surface area contributed by atoms with Gasteiger partial charge in [0, 0.05) is 24.5 Å². The molecule has 0 bridgehead atoms. The summed E-state index contributed by atoms with van der Waals surface area (Å²) in [4.78, 5) is 1.19. The van der Waals surface area contributed by atoms with Gasteiger partial charge in [-0.2, -0.15) is 17.4 Å². The fourth-order valence-corrected chi connectivity index (χ4v) is 3.82. The third-order valence-electron chi connectivity index (χ3n) is 2.92. The van der Waals surface area contributed by atoms with Crippen molar-refractivity contribution in [2.24, 2.45) is 0 Å². The van der Waals surface area contributed by atoms with Crippen LogP contribution in [-0.4, -0.2) is 45.4 Å². The Labute approximate surface area is 126 Å². The van der Waals surface area contributed by atoms with Gasteiger partial charge in [0.25, 0.3) is 10.2 Å². The van der Waals surface area contributed by atoms with Crippen molar-refractivity contribution in [3.63, 3.8) is 0 Å². The van der Waals surface area contributed by atoms with Crippen molar-refractivity contribution in [2.45, 2.75) is 32.7 Å². The first-order chi connectivity index (χ1) is 9.45. The smallest absolute Gasteiger partial charge is 0.279 e. The van der Waals surface area contributed by atoms with Crippen molar-refractivity contribution in [2.75, 3.05) is 26.7 Å². The monoisotopic (exact) mass is 319 g/mol.